The highest BCUT2D eigenvalue weighted by atomic mass is 32.1. The number of hydrogen-bond donors (Lipinski definition) is 2. The van der Waals surface area contributed by atoms with Gasteiger partial charge in [0, 0.05) is 18.7 Å². The Labute approximate surface area is 118 Å². The quantitative estimate of drug-likeness (QED) is 0.833. The summed E-state index contributed by atoms with van der Waals surface area (Å²) in [6, 6.07) is 4.87. The Morgan fingerprint density at radius 3 is 2.58 bits per heavy atom. The maximum atomic E-state index is 14.0. The summed E-state index contributed by atoms with van der Waals surface area (Å²) in [5.74, 6) is 0.0241. The van der Waals surface area contributed by atoms with Gasteiger partial charge in [-0.25, -0.2) is 4.39 Å². The molecule has 0 aromatic heterocycles. The van der Waals surface area contributed by atoms with Crippen molar-refractivity contribution < 1.29 is 9.50 Å². The lowest BCUT2D eigenvalue weighted by Gasteiger charge is -2.35. The Morgan fingerprint density at radius 1 is 1.47 bits per heavy atom. The van der Waals surface area contributed by atoms with Crippen molar-refractivity contribution in [3.05, 3.63) is 29.6 Å². The number of piperidine rings is 1. The lowest BCUT2D eigenvalue weighted by Crippen LogP contribution is -2.37. The maximum Gasteiger partial charge on any atom is 0.147 e. The van der Waals surface area contributed by atoms with Crippen LogP contribution in [0, 0.1) is 11.7 Å². The van der Waals surface area contributed by atoms with Gasteiger partial charge in [-0.15, -0.1) is 0 Å². The van der Waals surface area contributed by atoms with Gasteiger partial charge in [-0.05, 0) is 43.9 Å². The summed E-state index contributed by atoms with van der Waals surface area (Å²) in [5.41, 5.74) is 6.62. The van der Waals surface area contributed by atoms with Crippen molar-refractivity contribution in [2.24, 2.45) is 11.7 Å². The number of nitrogens with two attached hydrogens (primary N) is 1. The standard InChI is InChI=1S/C14H19FN2OS/c1-9(18)10-4-6-17(7-5-10)13-3-2-11(14(16)19)8-12(13)15/h2-3,8-10,18H,4-7H2,1H3,(H2,16,19). The molecule has 0 saturated carbocycles. The van der Waals surface area contributed by atoms with E-state index in [4.69, 9.17) is 18.0 Å². The summed E-state index contributed by atoms with van der Waals surface area (Å²) < 4.78 is 14.0. The Morgan fingerprint density at radius 2 is 2.11 bits per heavy atom. The first-order valence-electron chi connectivity index (χ1n) is 6.51. The molecule has 1 aliphatic rings. The molecule has 0 spiro atoms. The van der Waals surface area contributed by atoms with Crippen molar-refractivity contribution in [1.82, 2.24) is 0 Å². The van der Waals surface area contributed by atoms with Crippen LogP contribution >= 0.6 is 12.2 Å². The van der Waals surface area contributed by atoms with Gasteiger partial charge in [0.05, 0.1) is 11.8 Å². The van der Waals surface area contributed by atoms with Crippen LogP contribution in [0.2, 0.25) is 0 Å². The monoisotopic (exact) mass is 282 g/mol. The van der Waals surface area contributed by atoms with E-state index in [2.05, 4.69) is 0 Å². The van der Waals surface area contributed by atoms with Crippen LogP contribution in [-0.2, 0) is 0 Å². The number of benzene rings is 1. The van der Waals surface area contributed by atoms with E-state index in [0.29, 0.717) is 17.2 Å². The SMILES string of the molecule is CC(O)C1CCN(c2ccc(C(N)=S)cc2F)CC1. The Hall–Kier alpha value is -1.20. The van der Waals surface area contributed by atoms with Gasteiger partial charge < -0.3 is 15.7 Å². The molecule has 0 aliphatic carbocycles. The van der Waals surface area contributed by atoms with E-state index in [1.807, 2.05) is 11.8 Å². The van der Waals surface area contributed by atoms with E-state index in [0.717, 1.165) is 25.9 Å². The summed E-state index contributed by atoms with van der Waals surface area (Å²) in [6.45, 7) is 3.34. The van der Waals surface area contributed by atoms with Crippen molar-refractivity contribution in [3.8, 4) is 0 Å². The third-order valence-electron chi connectivity index (χ3n) is 3.79. The molecule has 19 heavy (non-hydrogen) atoms. The van der Waals surface area contributed by atoms with E-state index >= 15 is 0 Å². The second-order valence-corrected chi connectivity index (χ2v) is 5.54. The number of nitrogens with zero attached hydrogens (tertiary/aromatic N) is 1. The molecule has 1 aromatic rings. The zero-order valence-electron chi connectivity index (χ0n) is 11.0. The summed E-state index contributed by atoms with van der Waals surface area (Å²) in [5, 5.41) is 9.57. The van der Waals surface area contributed by atoms with E-state index in [1.54, 1.807) is 12.1 Å². The molecule has 3 N–H and O–H groups in total. The van der Waals surface area contributed by atoms with Crippen molar-refractivity contribution in [1.29, 1.82) is 0 Å². The first-order valence-corrected chi connectivity index (χ1v) is 6.92. The Balaban J connectivity index is 2.09. The fraction of sp³-hybridized carbons (Fsp3) is 0.500. The van der Waals surface area contributed by atoms with Gasteiger partial charge in [-0.2, -0.15) is 0 Å². The van der Waals surface area contributed by atoms with Crippen LogP contribution in [0.15, 0.2) is 18.2 Å². The lowest BCUT2D eigenvalue weighted by molar-refractivity contribution is 0.110. The molecule has 1 aromatic carbocycles. The smallest absolute Gasteiger partial charge is 0.147 e. The third-order valence-corrected chi connectivity index (χ3v) is 4.03. The van der Waals surface area contributed by atoms with E-state index in [1.165, 1.54) is 6.07 Å². The zero-order valence-corrected chi connectivity index (χ0v) is 11.8. The minimum atomic E-state index is -0.291. The number of thiocarbonyl (C=S) groups is 1. The molecule has 2 rings (SSSR count). The number of anilines is 1. The van der Waals surface area contributed by atoms with Gasteiger partial charge in [0.1, 0.15) is 10.8 Å². The minimum absolute atomic E-state index is 0.207. The highest BCUT2D eigenvalue weighted by Crippen LogP contribution is 2.27. The molecule has 0 bridgehead atoms. The summed E-state index contributed by atoms with van der Waals surface area (Å²) >= 11 is 4.84. The predicted octanol–water partition coefficient (Wildman–Crippen LogP) is 2.06. The largest absolute Gasteiger partial charge is 0.393 e. The molecule has 104 valence electrons. The Kier molecular flexibility index (Phi) is 4.37. The zero-order chi connectivity index (χ0) is 14.0. The highest BCUT2D eigenvalue weighted by Gasteiger charge is 2.24. The van der Waals surface area contributed by atoms with Crippen molar-refractivity contribution in [3.63, 3.8) is 0 Å². The van der Waals surface area contributed by atoms with Gasteiger partial charge in [0.15, 0.2) is 0 Å². The van der Waals surface area contributed by atoms with Crippen LogP contribution in [0.5, 0.6) is 0 Å². The molecule has 1 heterocycles. The minimum Gasteiger partial charge on any atom is -0.393 e. The number of hydrogen-bond acceptors (Lipinski definition) is 3. The Bertz CT molecular complexity index is 471. The van der Waals surface area contributed by atoms with Crippen LogP contribution in [-0.4, -0.2) is 29.3 Å². The molecule has 3 nitrogen and oxygen atoms in total. The van der Waals surface area contributed by atoms with Crippen LogP contribution in [0.4, 0.5) is 10.1 Å². The van der Waals surface area contributed by atoms with E-state index in [-0.39, 0.29) is 16.9 Å². The molecule has 1 unspecified atom stereocenters. The molecule has 1 aliphatic heterocycles. The molecule has 1 saturated heterocycles. The van der Waals surface area contributed by atoms with Crippen molar-refractivity contribution >= 4 is 22.9 Å². The van der Waals surface area contributed by atoms with Crippen molar-refractivity contribution in [2.75, 3.05) is 18.0 Å². The van der Waals surface area contributed by atoms with E-state index < -0.39 is 0 Å². The van der Waals surface area contributed by atoms with Gasteiger partial charge >= 0.3 is 0 Å². The predicted molar refractivity (Wildman–Crippen MR) is 78.9 cm³/mol. The molecule has 0 amide bonds. The fourth-order valence-corrected chi connectivity index (χ4v) is 2.67. The van der Waals surface area contributed by atoms with Crippen LogP contribution in [0.3, 0.4) is 0 Å². The molecule has 1 fully saturated rings. The second-order valence-electron chi connectivity index (χ2n) is 5.10. The molecular weight excluding hydrogens is 263 g/mol. The van der Waals surface area contributed by atoms with Crippen LogP contribution in [0.1, 0.15) is 25.3 Å². The average Bonchev–Trinajstić information content (AvgIpc) is 2.38. The molecular formula is C14H19FN2OS. The summed E-state index contributed by atoms with van der Waals surface area (Å²) in [4.78, 5) is 2.22. The van der Waals surface area contributed by atoms with Gasteiger partial charge in [0.2, 0.25) is 0 Å². The van der Waals surface area contributed by atoms with Gasteiger partial charge in [-0.3, -0.25) is 0 Å². The number of rotatable bonds is 3. The average molecular weight is 282 g/mol. The topological polar surface area (TPSA) is 49.5 Å². The van der Waals surface area contributed by atoms with Gasteiger partial charge in [0.25, 0.3) is 0 Å². The normalized spacial score (nSPS) is 18.4. The highest BCUT2D eigenvalue weighted by molar-refractivity contribution is 7.80. The fourth-order valence-electron chi connectivity index (χ4n) is 2.54. The molecule has 0 radical (unpaired) electrons. The first-order chi connectivity index (χ1) is 8.99. The summed E-state index contributed by atoms with van der Waals surface area (Å²) in [6.07, 6.45) is 1.48. The number of aliphatic hydroxyl groups is 1. The first kappa shape index (κ1) is 14.2. The van der Waals surface area contributed by atoms with Crippen LogP contribution in [0.25, 0.3) is 0 Å². The second kappa shape index (κ2) is 5.84. The van der Waals surface area contributed by atoms with Crippen LogP contribution < -0.4 is 10.6 Å². The van der Waals surface area contributed by atoms with Crippen molar-refractivity contribution in [2.45, 2.75) is 25.9 Å². The maximum absolute atomic E-state index is 14.0. The molecule has 5 heteroatoms. The van der Waals surface area contributed by atoms with Gasteiger partial charge in [-0.1, -0.05) is 12.2 Å². The summed E-state index contributed by atoms with van der Waals surface area (Å²) in [7, 11) is 0. The van der Waals surface area contributed by atoms with E-state index in [9.17, 15) is 9.50 Å². The lowest BCUT2D eigenvalue weighted by atomic mass is 9.92. The molecule has 1 atom stereocenters. The third kappa shape index (κ3) is 3.22. The number of aliphatic hydroxyl groups excluding tert-OH is 1. The number of halogens is 1.